The molecule has 0 aromatic heterocycles. The van der Waals surface area contributed by atoms with Crippen molar-refractivity contribution in [2.75, 3.05) is 55.6 Å². The molecule has 0 aliphatic carbocycles. The molecule has 3 aliphatic heterocycles. The molecule has 46 heavy (non-hydrogen) atoms. The van der Waals surface area contributed by atoms with Gasteiger partial charge in [0.15, 0.2) is 23.0 Å². The minimum absolute atomic E-state index is 0.00811. The number of benzene rings is 4. The highest BCUT2D eigenvalue weighted by Crippen LogP contribution is 2.51. The van der Waals surface area contributed by atoms with Gasteiger partial charge in [0.25, 0.3) is 0 Å². The van der Waals surface area contributed by atoms with Crippen molar-refractivity contribution in [1.29, 1.82) is 0 Å². The smallest absolute Gasteiger partial charge is 0.201 e. The first-order valence-corrected chi connectivity index (χ1v) is 15.9. The van der Waals surface area contributed by atoms with Gasteiger partial charge in [-0.05, 0) is 110 Å². The average Bonchev–Trinajstić information content (AvgIpc) is 3.07. The van der Waals surface area contributed by atoms with Crippen LogP contribution in [0.5, 0.6) is 40.2 Å². The van der Waals surface area contributed by atoms with Crippen LogP contribution in [0.4, 0.5) is 0 Å². The number of methoxy groups -OCH3 is 4. The first kappa shape index (κ1) is 30.3. The molecule has 0 fully saturated rings. The van der Waals surface area contributed by atoms with Crippen molar-refractivity contribution in [3.8, 4) is 51.4 Å². The number of aromatic hydroxyl groups is 1. The molecule has 4 aromatic rings. The van der Waals surface area contributed by atoms with E-state index in [0.717, 1.165) is 71.7 Å². The summed E-state index contributed by atoms with van der Waals surface area (Å²) in [5.41, 5.74) is 8.83. The Kier molecular flexibility index (Phi) is 7.95. The Balaban J connectivity index is 1.52. The Hall–Kier alpha value is -4.40. The zero-order valence-corrected chi connectivity index (χ0v) is 27.5. The molecule has 240 valence electrons. The van der Waals surface area contributed by atoms with Crippen LogP contribution in [0.25, 0.3) is 11.1 Å². The van der Waals surface area contributed by atoms with Crippen molar-refractivity contribution in [2.45, 2.75) is 37.8 Å². The lowest BCUT2D eigenvalue weighted by Crippen LogP contribution is -2.34. The Morgan fingerprint density at radius 2 is 1.20 bits per heavy atom. The zero-order valence-electron chi connectivity index (χ0n) is 27.5. The zero-order chi connectivity index (χ0) is 32.1. The molecule has 3 heterocycles. The van der Waals surface area contributed by atoms with Gasteiger partial charge in [-0.2, -0.15) is 0 Å². The van der Waals surface area contributed by atoms with Gasteiger partial charge in [0.2, 0.25) is 5.75 Å². The second-order valence-corrected chi connectivity index (χ2v) is 12.6. The SMILES string of the molecule is COc1cc2c3cc1Oc1c(O)c(OC)cc4c1[C@@H](Cc1ccc(OC)c(c1)-c1cc(ccc1OC)C[C@H]3N(C)CC2)N(C)CC4. The summed E-state index contributed by atoms with van der Waals surface area (Å²) in [7, 11) is 11.0. The highest BCUT2D eigenvalue weighted by Gasteiger charge is 2.34. The maximum absolute atomic E-state index is 11.7. The number of phenols is 1. The first-order chi connectivity index (χ1) is 22.3. The summed E-state index contributed by atoms with van der Waals surface area (Å²) in [6.07, 6.45) is 3.20. The van der Waals surface area contributed by atoms with Gasteiger partial charge in [0.05, 0.1) is 28.4 Å². The lowest BCUT2D eigenvalue weighted by molar-refractivity contribution is 0.220. The van der Waals surface area contributed by atoms with E-state index in [0.29, 0.717) is 29.4 Å². The van der Waals surface area contributed by atoms with E-state index in [9.17, 15) is 5.11 Å². The Morgan fingerprint density at radius 3 is 1.80 bits per heavy atom. The summed E-state index contributed by atoms with van der Waals surface area (Å²) in [5, 5.41) is 11.7. The fourth-order valence-corrected chi connectivity index (χ4v) is 7.53. The van der Waals surface area contributed by atoms with Gasteiger partial charge in [0.1, 0.15) is 11.5 Å². The number of ether oxygens (including phenoxy) is 5. The molecule has 0 saturated heterocycles. The van der Waals surface area contributed by atoms with Gasteiger partial charge in [-0.1, -0.05) is 12.1 Å². The summed E-state index contributed by atoms with van der Waals surface area (Å²) in [6, 6.07) is 19.1. The molecule has 0 amide bonds. The summed E-state index contributed by atoms with van der Waals surface area (Å²) in [4.78, 5) is 4.74. The van der Waals surface area contributed by atoms with E-state index < -0.39 is 0 Å². The molecule has 8 heteroatoms. The Bertz CT molecular complexity index is 1800. The number of hydrogen-bond donors (Lipinski definition) is 1. The monoisotopic (exact) mass is 622 g/mol. The normalized spacial score (nSPS) is 19.1. The predicted molar refractivity (Wildman–Crippen MR) is 178 cm³/mol. The van der Waals surface area contributed by atoms with Gasteiger partial charge in [-0.3, -0.25) is 9.80 Å². The van der Waals surface area contributed by atoms with E-state index in [4.69, 9.17) is 23.7 Å². The van der Waals surface area contributed by atoms with E-state index in [2.05, 4.69) is 66.4 Å². The number of phenolic OH excluding ortho intramolecular Hbond substituents is 1. The van der Waals surface area contributed by atoms with Crippen molar-refractivity contribution >= 4 is 0 Å². The predicted octanol–water partition coefficient (Wildman–Crippen LogP) is 6.74. The minimum atomic E-state index is -0.0690. The van der Waals surface area contributed by atoms with Crippen molar-refractivity contribution < 1.29 is 28.8 Å². The Labute approximate surface area is 271 Å². The maximum Gasteiger partial charge on any atom is 0.201 e. The first-order valence-electron chi connectivity index (χ1n) is 15.9. The highest BCUT2D eigenvalue weighted by atomic mass is 16.5. The second kappa shape index (κ2) is 12.1. The standard InChI is InChI=1S/C38H42N2O6/c1-39-13-11-24-19-33(44-5)34-21-26(24)29(39)17-22-7-9-31(42-3)27(15-22)28-16-23(8-10-32(28)43-4)18-30-36-25(12-14-40(30)2)20-35(45-6)37(41)38(36)46-34/h7-10,15-16,19-21,29-30,41H,11-14,17-18H2,1-6H3/t29-,30-/m1/s1. The van der Waals surface area contributed by atoms with Crippen molar-refractivity contribution in [3.05, 3.63) is 88.0 Å². The number of fused-ring (bicyclic) bond motifs is 6. The van der Waals surface area contributed by atoms with Gasteiger partial charge in [-0.25, -0.2) is 0 Å². The fourth-order valence-electron chi connectivity index (χ4n) is 7.53. The van der Waals surface area contributed by atoms with Crippen LogP contribution in [-0.4, -0.2) is 70.5 Å². The van der Waals surface area contributed by atoms with Crippen LogP contribution >= 0.6 is 0 Å². The maximum atomic E-state index is 11.7. The molecule has 6 bridgehead atoms. The molecule has 3 aliphatic rings. The third-order valence-corrected chi connectivity index (χ3v) is 10.1. The lowest BCUT2D eigenvalue weighted by atomic mass is 9.86. The largest absolute Gasteiger partial charge is 0.502 e. The average molecular weight is 623 g/mol. The second-order valence-electron chi connectivity index (χ2n) is 12.6. The van der Waals surface area contributed by atoms with Gasteiger partial charge >= 0.3 is 0 Å². The molecule has 0 spiro atoms. The van der Waals surface area contributed by atoms with Crippen LogP contribution in [0.1, 0.15) is 45.5 Å². The van der Waals surface area contributed by atoms with Gasteiger partial charge in [-0.15, -0.1) is 0 Å². The lowest BCUT2D eigenvalue weighted by Gasteiger charge is -2.37. The minimum Gasteiger partial charge on any atom is -0.502 e. The fraction of sp³-hybridized carbons (Fsp3) is 0.368. The van der Waals surface area contributed by atoms with E-state index >= 15 is 0 Å². The molecule has 1 N–H and O–H groups in total. The molecule has 0 unspecified atom stereocenters. The number of rotatable bonds is 4. The van der Waals surface area contributed by atoms with Crippen molar-refractivity contribution in [2.24, 2.45) is 0 Å². The summed E-state index contributed by atoms with van der Waals surface area (Å²) < 4.78 is 30.2. The third kappa shape index (κ3) is 5.10. The molecule has 2 atom stereocenters. The van der Waals surface area contributed by atoms with Gasteiger partial charge in [0, 0.05) is 41.9 Å². The van der Waals surface area contributed by atoms with Crippen LogP contribution in [-0.2, 0) is 25.7 Å². The van der Waals surface area contributed by atoms with Crippen LogP contribution < -0.4 is 23.7 Å². The van der Waals surface area contributed by atoms with Crippen LogP contribution in [0.3, 0.4) is 0 Å². The molecular formula is C38H42N2O6. The quantitative estimate of drug-likeness (QED) is 0.268. The number of nitrogens with zero attached hydrogens (tertiary/aromatic N) is 2. The van der Waals surface area contributed by atoms with Crippen LogP contribution in [0.2, 0.25) is 0 Å². The summed E-state index contributed by atoms with van der Waals surface area (Å²) >= 11 is 0. The van der Waals surface area contributed by atoms with Crippen LogP contribution in [0.15, 0.2) is 54.6 Å². The summed E-state index contributed by atoms with van der Waals surface area (Å²) in [5.74, 6) is 3.63. The molecule has 7 rings (SSSR count). The van der Waals surface area contributed by atoms with Crippen molar-refractivity contribution in [3.63, 3.8) is 0 Å². The Morgan fingerprint density at radius 1 is 0.652 bits per heavy atom. The number of hydrogen-bond acceptors (Lipinski definition) is 8. The van der Waals surface area contributed by atoms with E-state index in [-0.39, 0.29) is 17.8 Å². The molecular weight excluding hydrogens is 580 g/mol. The molecule has 0 saturated carbocycles. The molecule has 4 aromatic carbocycles. The van der Waals surface area contributed by atoms with Crippen molar-refractivity contribution in [1.82, 2.24) is 9.80 Å². The van der Waals surface area contributed by atoms with Gasteiger partial charge < -0.3 is 28.8 Å². The summed E-state index contributed by atoms with van der Waals surface area (Å²) in [6.45, 7) is 1.79. The third-order valence-electron chi connectivity index (χ3n) is 10.1. The molecule has 0 radical (unpaired) electrons. The van der Waals surface area contributed by atoms with E-state index in [1.807, 2.05) is 12.1 Å². The topological polar surface area (TPSA) is 72.9 Å². The van der Waals surface area contributed by atoms with E-state index in [1.54, 1.807) is 28.4 Å². The van der Waals surface area contributed by atoms with E-state index in [1.165, 1.54) is 16.7 Å². The molecule has 8 nitrogen and oxygen atoms in total. The van der Waals surface area contributed by atoms with Crippen LogP contribution in [0, 0.1) is 0 Å². The number of likely N-dealkylation sites (N-methyl/N-ethyl adjacent to an activating group) is 2. The highest BCUT2D eigenvalue weighted by molar-refractivity contribution is 5.77.